The Morgan fingerprint density at radius 2 is 2.30 bits per heavy atom. The van der Waals surface area contributed by atoms with Gasteiger partial charge in [0.05, 0.1) is 12.7 Å². The van der Waals surface area contributed by atoms with Gasteiger partial charge in [0.2, 0.25) is 0 Å². The van der Waals surface area contributed by atoms with E-state index in [0.717, 1.165) is 32.2 Å². The maximum Gasteiger partial charge on any atom is 0.173 e. The molecule has 1 fully saturated rings. The highest BCUT2D eigenvalue weighted by atomic mass is 19.1. The summed E-state index contributed by atoms with van der Waals surface area (Å²) in [4.78, 5) is 12.8. The maximum atomic E-state index is 14.1. The van der Waals surface area contributed by atoms with Crippen LogP contribution in [-0.4, -0.2) is 26.0 Å². The molecule has 110 valence electrons. The summed E-state index contributed by atoms with van der Waals surface area (Å²) in [7, 11) is 1.49. The van der Waals surface area contributed by atoms with Gasteiger partial charge in [0.1, 0.15) is 11.6 Å². The van der Waals surface area contributed by atoms with E-state index in [1.54, 1.807) is 12.1 Å². The molecule has 0 radical (unpaired) electrons. The van der Waals surface area contributed by atoms with E-state index in [1.807, 2.05) is 0 Å². The van der Waals surface area contributed by atoms with Crippen LogP contribution in [0.25, 0.3) is 0 Å². The third-order valence-corrected chi connectivity index (χ3v) is 4.10. The fourth-order valence-corrected chi connectivity index (χ4v) is 3.06. The van der Waals surface area contributed by atoms with E-state index in [0.29, 0.717) is 12.3 Å². The van der Waals surface area contributed by atoms with Gasteiger partial charge in [-0.05, 0) is 37.9 Å². The number of halogens is 1. The van der Waals surface area contributed by atoms with Gasteiger partial charge in [-0.1, -0.05) is 13.3 Å². The highest BCUT2D eigenvalue weighted by molar-refractivity contribution is 6.01. The molecule has 1 atom stereocenters. The quantitative estimate of drug-likeness (QED) is 0.841. The summed E-state index contributed by atoms with van der Waals surface area (Å²) < 4.78 is 19.1. The number of carbonyl (C=O) groups excluding carboxylic acids is 1. The second kappa shape index (κ2) is 6.35. The first-order chi connectivity index (χ1) is 9.63. The molecule has 1 unspecified atom stereocenters. The third kappa shape index (κ3) is 2.85. The third-order valence-electron chi connectivity index (χ3n) is 4.10. The van der Waals surface area contributed by atoms with Crippen LogP contribution < -0.4 is 10.1 Å². The monoisotopic (exact) mass is 279 g/mol. The lowest BCUT2D eigenvalue weighted by molar-refractivity contribution is 0.0713. The molecule has 1 aromatic rings. The number of hydrogen-bond donors (Lipinski definition) is 1. The van der Waals surface area contributed by atoms with Crippen molar-refractivity contribution in [2.75, 3.05) is 20.2 Å². The van der Waals surface area contributed by atoms with E-state index in [9.17, 15) is 9.18 Å². The molecule has 0 amide bonds. The fraction of sp³-hybridized carbons (Fsp3) is 0.562. The van der Waals surface area contributed by atoms with E-state index in [1.165, 1.54) is 13.2 Å². The first kappa shape index (κ1) is 15.0. The van der Waals surface area contributed by atoms with Crippen molar-refractivity contribution in [2.24, 2.45) is 5.41 Å². The largest absolute Gasteiger partial charge is 0.497 e. The molecule has 1 aromatic carbocycles. The van der Waals surface area contributed by atoms with Crippen LogP contribution in [0, 0.1) is 11.2 Å². The molecule has 3 nitrogen and oxygen atoms in total. The highest BCUT2D eigenvalue weighted by Gasteiger charge is 2.40. The summed E-state index contributed by atoms with van der Waals surface area (Å²) >= 11 is 0. The number of rotatable bonds is 5. The Hall–Kier alpha value is -1.42. The Morgan fingerprint density at radius 1 is 1.50 bits per heavy atom. The molecule has 2 rings (SSSR count). The molecule has 0 aromatic heterocycles. The van der Waals surface area contributed by atoms with Gasteiger partial charge < -0.3 is 10.1 Å². The maximum absolute atomic E-state index is 14.1. The van der Waals surface area contributed by atoms with Crippen LogP contribution in [0.3, 0.4) is 0 Å². The van der Waals surface area contributed by atoms with Crippen LogP contribution in [0.2, 0.25) is 0 Å². The van der Waals surface area contributed by atoms with Crippen LogP contribution in [0.15, 0.2) is 18.2 Å². The summed E-state index contributed by atoms with van der Waals surface area (Å²) in [5.41, 5.74) is -0.273. The molecule has 4 heteroatoms. The van der Waals surface area contributed by atoms with Crippen molar-refractivity contribution in [3.63, 3.8) is 0 Å². The second-order valence-electron chi connectivity index (χ2n) is 5.49. The molecule has 20 heavy (non-hydrogen) atoms. The summed E-state index contributed by atoms with van der Waals surface area (Å²) in [6, 6.07) is 4.47. The predicted octanol–water partition coefficient (Wildman–Crippen LogP) is 3.19. The average Bonchev–Trinajstić information content (AvgIpc) is 2.47. The Bertz CT molecular complexity index is 476. The van der Waals surface area contributed by atoms with E-state index in [-0.39, 0.29) is 11.3 Å². The summed E-state index contributed by atoms with van der Waals surface area (Å²) in [6.45, 7) is 3.64. The lowest BCUT2D eigenvalue weighted by Gasteiger charge is -2.36. The van der Waals surface area contributed by atoms with Gasteiger partial charge in [0.15, 0.2) is 5.78 Å². The lowest BCUT2D eigenvalue weighted by Crippen LogP contribution is -2.45. The number of nitrogens with one attached hydrogen (secondary N) is 1. The molecule has 1 N–H and O–H groups in total. The molecule has 0 bridgehead atoms. The van der Waals surface area contributed by atoms with Crippen molar-refractivity contribution in [2.45, 2.75) is 32.6 Å². The zero-order chi connectivity index (χ0) is 14.6. The average molecular weight is 279 g/mol. The Kier molecular flexibility index (Phi) is 4.76. The van der Waals surface area contributed by atoms with E-state index < -0.39 is 11.2 Å². The number of carbonyl (C=O) groups is 1. The lowest BCUT2D eigenvalue weighted by atomic mass is 9.71. The SMILES string of the molecule is CCCC1(C(=O)c2ccc(OC)cc2F)CCCNC1. The number of ketones is 1. The van der Waals surface area contributed by atoms with Gasteiger partial charge >= 0.3 is 0 Å². The van der Waals surface area contributed by atoms with Crippen molar-refractivity contribution >= 4 is 5.78 Å². The fourth-order valence-electron chi connectivity index (χ4n) is 3.06. The van der Waals surface area contributed by atoms with Crippen molar-refractivity contribution in [1.29, 1.82) is 0 Å². The molecule has 0 spiro atoms. The standard InChI is InChI=1S/C16H22FNO2/c1-3-7-16(8-4-9-18-11-16)15(19)13-6-5-12(20-2)10-14(13)17/h5-6,10,18H,3-4,7-9,11H2,1-2H3. The minimum Gasteiger partial charge on any atom is -0.497 e. The van der Waals surface area contributed by atoms with Crippen molar-refractivity contribution in [3.8, 4) is 5.75 Å². The normalized spacial score (nSPS) is 22.6. The number of benzene rings is 1. The van der Waals surface area contributed by atoms with Crippen LogP contribution in [0.1, 0.15) is 43.0 Å². The zero-order valence-electron chi connectivity index (χ0n) is 12.2. The zero-order valence-corrected chi connectivity index (χ0v) is 12.2. The van der Waals surface area contributed by atoms with Gasteiger partial charge in [0, 0.05) is 18.0 Å². The van der Waals surface area contributed by atoms with Gasteiger partial charge in [-0.15, -0.1) is 0 Å². The predicted molar refractivity (Wildman–Crippen MR) is 76.7 cm³/mol. The van der Waals surface area contributed by atoms with E-state index in [4.69, 9.17) is 4.74 Å². The molecular formula is C16H22FNO2. The van der Waals surface area contributed by atoms with E-state index >= 15 is 0 Å². The van der Waals surface area contributed by atoms with E-state index in [2.05, 4.69) is 12.2 Å². The van der Waals surface area contributed by atoms with Crippen LogP contribution in [0.4, 0.5) is 4.39 Å². The number of piperidine rings is 1. The van der Waals surface area contributed by atoms with Crippen molar-refractivity contribution in [1.82, 2.24) is 5.32 Å². The Balaban J connectivity index is 2.32. The molecule has 1 saturated heterocycles. The number of Topliss-reactive ketones (excluding diaryl/α,β-unsaturated/α-hetero) is 1. The molecule has 1 aliphatic heterocycles. The first-order valence-electron chi connectivity index (χ1n) is 7.22. The van der Waals surface area contributed by atoms with Crippen LogP contribution in [0.5, 0.6) is 5.75 Å². The number of methoxy groups -OCH3 is 1. The number of ether oxygens (including phenoxy) is 1. The molecule has 0 saturated carbocycles. The summed E-state index contributed by atoms with van der Waals surface area (Å²) in [5.74, 6) is -0.132. The Labute approximate surface area is 119 Å². The van der Waals surface area contributed by atoms with Gasteiger partial charge in [-0.3, -0.25) is 4.79 Å². The molecule has 0 aliphatic carbocycles. The molecule has 1 heterocycles. The minimum absolute atomic E-state index is 0.0771. The minimum atomic E-state index is -0.490. The van der Waals surface area contributed by atoms with Crippen molar-refractivity contribution < 1.29 is 13.9 Å². The smallest absolute Gasteiger partial charge is 0.173 e. The molecule has 1 aliphatic rings. The summed E-state index contributed by atoms with van der Waals surface area (Å²) in [5, 5.41) is 3.29. The first-order valence-corrected chi connectivity index (χ1v) is 7.22. The molecular weight excluding hydrogens is 257 g/mol. The van der Waals surface area contributed by atoms with Gasteiger partial charge in [-0.25, -0.2) is 4.39 Å². The van der Waals surface area contributed by atoms with Crippen molar-refractivity contribution in [3.05, 3.63) is 29.6 Å². The Morgan fingerprint density at radius 3 is 2.85 bits per heavy atom. The van der Waals surface area contributed by atoms with Gasteiger partial charge in [0.25, 0.3) is 0 Å². The second-order valence-corrected chi connectivity index (χ2v) is 5.49. The number of hydrogen-bond acceptors (Lipinski definition) is 3. The summed E-state index contributed by atoms with van der Waals surface area (Å²) in [6.07, 6.45) is 3.51. The van der Waals surface area contributed by atoms with Gasteiger partial charge in [-0.2, -0.15) is 0 Å². The topological polar surface area (TPSA) is 38.3 Å². The van der Waals surface area contributed by atoms with Crippen LogP contribution >= 0.6 is 0 Å². The highest BCUT2D eigenvalue weighted by Crippen LogP contribution is 2.36. The van der Waals surface area contributed by atoms with Crippen LogP contribution in [-0.2, 0) is 0 Å².